The second-order valence-corrected chi connectivity index (χ2v) is 10.1. The first-order chi connectivity index (χ1) is 14.4. The van der Waals surface area contributed by atoms with Gasteiger partial charge in [0.25, 0.3) is 0 Å². The van der Waals surface area contributed by atoms with Gasteiger partial charge in [-0.2, -0.15) is 0 Å². The number of carbonyl (C=O) groups excluding carboxylic acids is 1. The van der Waals surface area contributed by atoms with Gasteiger partial charge in [0.05, 0.1) is 12.7 Å². The van der Waals surface area contributed by atoms with Gasteiger partial charge in [0.1, 0.15) is 5.60 Å². The molecule has 1 saturated carbocycles. The number of guanidine groups is 1. The first kappa shape index (κ1) is 26.5. The van der Waals surface area contributed by atoms with Crippen molar-refractivity contribution in [1.29, 1.82) is 0 Å². The Morgan fingerprint density at radius 2 is 1.65 bits per heavy atom. The van der Waals surface area contributed by atoms with Crippen LogP contribution in [0.25, 0.3) is 0 Å². The van der Waals surface area contributed by atoms with Gasteiger partial charge >= 0.3 is 6.09 Å². The maximum absolute atomic E-state index is 12.6. The molecule has 0 radical (unpaired) electrons. The summed E-state index contributed by atoms with van der Waals surface area (Å²) in [5.41, 5.74) is -0.448. The third-order valence-corrected chi connectivity index (χ3v) is 6.45. The minimum Gasteiger partial charge on any atom is -0.444 e. The molecule has 2 unspecified atom stereocenters. The molecular formula is C23H43IN4O3. The number of aliphatic imine (C=N–C) groups is 1. The van der Waals surface area contributed by atoms with Gasteiger partial charge in [-0.05, 0) is 59.3 Å². The van der Waals surface area contributed by atoms with Gasteiger partial charge in [-0.15, -0.1) is 24.0 Å². The molecule has 8 heteroatoms. The van der Waals surface area contributed by atoms with Crippen molar-refractivity contribution in [2.24, 2.45) is 4.99 Å². The van der Waals surface area contributed by atoms with E-state index in [9.17, 15) is 4.79 Å². The van der Waals surface area contributed by atoms with Gasteiger partial charge < -0.3 is 25.0 Å². The third kappa shape index (κ3) is 8.26. The number of carbonyl (C=O) groups is 1. The van der Waals surface area contributed by atoms with Crippen molar-refractivity contribution in [2.75, 3.05) is 20.2 Å². The Balaban J connectivity index is 0.00000341. The van der Waals surface area contributed by atoms with Crippen LogP contribution in [0.5, 0.6) is 0 Å². The largest absolute Gasteiger partial charge is 0.444 e. The van der Waals surface area contributed by atoms with Crippen LogP contribution in [0.15, 0.2) is 4.99 Å². The molecule has 0 aromatic heterocycles. The van der Waals surface area contributed by atoms with Crippen molar-refractivity contribution in [1.82, 2.24) is 15.5 Å². The fraction of sp³-hybridized carbons (Fsp3) is 0.913. The molecule has 1 aliphatic carbocycles. The van der Waals surface area contributed by atoms with Gasteiger partial charge in [0.15, 0.2) is 5.96 Å². The number of rotatable bonds is 5. The molecule has 1 amide bonds. The lowest BCUT2D eigenvalue weighted by molar-refractivity contribution is 0.00541. The summed E-state index contributed by atoms with van der Waals surface area (Å²) in [6.07, 6.45) is 12.0. The molecule has 2 aliphatic heterocycles. The summed E-state index contributed by atoms with van der Waals surface area (Å²) < 4.78 is 11.7. The minimum atomic E-state index is -0.448. The molecule has 2 saturated heterocycles. The molecule has 2 atom stereocenters. The highest BCUT2D eigenvalue weighted by Gasteiger charge is 2.45. The summed E-state index contributed by atoms with van der Waals surface area (Å²) in [7, 11) is 1.81. The van der Waals surface area contributed by atoms with E-state index in [1.54, 1.807) is 0 Å². The van der Waals surface area contributed by atoms with Crippen molar-refractivity contribution >= 4 is 36.0 Å². The van der Waals surface area contributed by atoms with Crippen LogP contribution >= 0.6 is 24.0 Å². The van der Waals surface area contributed by atoms with Gasteiger partial charge in [0, 0.05) is 31.7 Å². The predicted octanol–water partition coefficient (Wildman–Crippen LogP) is 4.44. The van der Waals surface area contributed by atoms with Crippen molar-refractivity contribution < 1.29 is 14.3 Å². The van der Waals surface area contributed by atoms with E-state index in [2.05, 4.69) is 15.6 Å². The van der Waals surface area contributed by atoms with Crippen LogP contribution in [0.3, 0.4) is 0 Å². The van der Waals surface area contributed by atoms with Crippen molar-refractivity contribution in [3.8, 4) is 0 Å². The lowest BCUT2D eigenvalue weighted by Crippen LogP contribution is -2.55. The molecule has 180 valence electrons. The molecule has 2 N–H and O–H groups in total. The second kappa shape index (κ2) is 12.5. The standard InChI is InChI=1S/C23H42N4O3.HI/c1-23(2,3)30-22(28)27-18-11-12-19(27)16-17(15-18)26-21(24-4)25-13-14-29-20-9-7-5-6-8-10-20;/h17-20H,5-16H2,1-4H3,(H2,24,25,26);1H. The first-order valence-corrected chi connectivity index (χ1v) is 12.0. The summed E-state index contributed by atoms with van der Waals surface area (Å²) >= 11 is 0. The van der Waals surface area contributed by atoms with E-state index in [4.69, 9.17) is 9.47 Å². The topological polar surface area (TPSA) is 75.2 Å². The number of ether oxygens (including phenoxy) is 2. The zero-order valence-electron chi connectivity index (χ0n) is 19.8. The minimum absolute atomic E-state index is 0. The number of halogens is 1. The Morgan fingerprint density at radius 1 is 1.03 bits per heavy atom. The summed E-state index contributed by atoms with van der Waals surface area (Å²) in [6, 6.07) is 0.843. The van der Waals surface area contributed by atoms with Gasteiger partial charge in [-0.1, -0.05) is 25.7 Å². The highest BCUT2D eigenvalue weighted by atomic mass is 127. The molecule has 0 aromatic rings. The van der Waals surface area contributed by atoms with E-state index in [-0.39, 0.29) is 42.2 Å². The molecule has 2 bridgehead atoms. The fourth-order valence-corrected chi connectivity index (χ4v) is 5.10. The Labute approximate surface area is 205 Å². The maximum Gasteiger partial charge on any atom is 0.410 e. The van der Waals surface area contributed by atoms with E-state index in [1.807, 2.05) is 32.7 Å². The Kier molecular flexibility index (Phi) is 10.6. The van der Waals surface area contributed by atoms with Crippen LogP contribution in [-0.4, -0.2) is 67.0 Å². The van der Waals surface area contributed by atoms with Crippen molar-refractivity contribution in [3.63, 3.8) is 0 Å². The Morgan fingerprint density at radius 3 is 2.19 bits per heavy atom. The zero-order chi connectivity index (χ0) is 21.6. The van der Waals surface area contributed by atoms with Gasteiger partial charge in [-0.25, -0.2) is 4.79 Å². The lowest BCUT2D eigenvalue weighted by atomic mass is 9.98. The second-order valence-electron chi connectivity index (χ2n) is 10.1. The number of piperidine rings is 1. The molecular weight excluding hydrogens is 507 g/mol. The van der Waals surface area contributed by atoms with Gasteiger partial charge in [-0.3, -0.25) is 4.99 Å². The molecule has 0 spiro atoms. The molecule has 0 aromatic carbocycles. The smallest absolute Gasteiger partial charge is 0.410 e. The third-order valence-electron chi connectivity index (χ3n) is 6.45. The number of hydrogen-bond acceptors (Lipinski definition) is 4. The Hall–Kier alpha value is -0.770. The predicted molar refractivity (Wildman–Crippen MR) is 135 cm³/mol. The Bertz CT molecular complexity index is 574. The number of hydrogen-bond donors (Lipinski definition) is 2. The summed E-state index contributed by atoms with van der Waals surface area (Å²) in [5.74, 6) is 0.828. The molecule has 3 aliphatic rings. The van der Waals surface area contributed by atoms with Crippen LogP contribution in [0.1, 0.15) is 85.0 Å². The van der Waals surface area contributed by atoms with E-state index in [0.29, 0.717) is 18.8 Å². The number of nitrogens with one attached hydrogen (secondary N) is 2. The fourth-order valence-electron chi connectivity index (χ4n) is 5.10. The monoisotopic (exact) mass is 550 g/mol. The van der Waals surface area contributed by atoms with Crippen LogP contribution in [0.4, 0.5) is 4.79 Å². The normalized spacial score (nSPS) is 27.3. The van der Waals surface area contributed by atoms with Crippen LogP contribution in [0, 0.1) is 0 Å². The summed E-state index contributed by atoms with van der Waals surface area (Å²) in [4.78, 5) is 19.0. The SMILES string of the molecule is CN=C(NCCOC1CCCCCC1)NC1CC2CCC(C1)N2C(=O)OC(C)(C)C.I. The van der Waals surface area contributed by atoms with Gasteiger partial charge in [0.2, 0.25) is 0 Å². The van der Waals surface area contributed by atoms with Crippen molar-refractivity contribution in [3.05, 3.63) is 0 Å². The number of amides is 1. The highest BCUT2D eigenvalue weighted by Crippen LogP contribution is 2.36. The zero-order valence-corrected chi connectivity index (χ0v) is 22.2. The molecule has 31 heavy (non-hydrogen) atoms. The van der Waals surface area contributed by atoms with E-state index in [1.165, 1.54) is 38.5 Å². The summed E-state index contributed by atoms with van der Waals surface area (Å²) in [5, 5.41) is 6.96. The first-order valence-electron chi connectivity index (χ1n) is 12.0. The van der Waals surface area contributed by atoms with E-state index < -0.39 is 5.60 Å². The van der Waals surface area contributed by atoms with Crippen LogP contribution in [0.2, 0.25) is 0 Å². The lowest BCUT2D eigenvalue weighted by Gasteiger charge is -2.40. The molecule has 7 nitrogen and oxygen atoms in total. The van der Waals surface area contributed by atoms with Crippen LogP contribution in [-0.2, 0) is 9.47 Å². The molecule has 3 fully saturated rings. The number of nitrogens with zero attached hydrogens (tertiary/aromatic N) is 2. The van der Waals surface area contributed by atoms with Crippen LogP contribution < -0.4 is 10.6 Å². The molecule has 3 rings (SSSR count). The molecule has 2 heterocycles. The quantitative estimate of drug-likeness (QED) is 0.174. The van der Waals surface area contributed by atoms with E-state index >= 15 is 0 Å². The average Bonchev–Trinajstić information content (AvgIpc) is 2.86. The highest BCUT2D eigenvalue weighted by molar-refractivity contribution is 14.0. The number of fused-ring (bicyclic) bond motifs is 2. The summed E-state index contributed by atoms with van der Waals surface area (Å²) in [6.45, 7) is 7.26. The van der Waals surface area contributed by atoms with E-state index in [0.717, 1.165) is 38.2 Å². The maximum atomic E-state index is 12.6. The average molecular weight is 551 g/mol. The van der Waals surface area contributed by atoms with Crippen molar-refractivity contribution in [2.45, 2.75) is 115 Å².